The van der Waals surface area contributed by atoms with Crippen LogP contribution in [0.1, 0.15) is 0 Å². The van der Waals surface area contributed by atoms with E-state index in [1.165, 1.54) is 18.9 Å². The predicted molar refractivity (Wildman–Crippen MR) is 45.4 cm³/mol. The number of esters is 1. The zero-order chi connectivity index (χ0) is 8.27. The lowest BCUT2D eigenvalue weighted by Crippen LogP contribution is -2.37. The van der Waals surface area contributed by atoms with Crippen LogP contribution in [-0.4, -0.2) is 31.4 Å². The highest BCUT2D eigenvalue weighted by molar-refractivity contribution is 8.03. The van der Waals surface area contributed by atoms with Crippen molar-refractivity contribution in [3.05, 3.63) is 11.5 Å². The van der Waals surface area contributed by atoms with Crippen LogP contribution >= 0.6 is 11.8 Å². The highest BCUT2D eigenvalue weighted by Crippen LogP contribution is 2.25. The number of methoxy groups -OCH3 is 1. The molecule has 1 rings (SSSR count). The van der Waals surface area contributed by atoms with E-state index in [4.69, 9.17) is 0 Å². The minimum atomic E-state index is -0.167. The average Bonchev–Trinajstić information content (AvgIpc) is 2.50. The summed E-state index contributed by atoms with van der Waals surface area (Å²) >= 11 is 1.49. The summed E-state index contributed by atoms with van der Waals surface area (Å²) in [6.45, 7) is 0. The van der Waals surface area contributed by atoms with Crippen molar-refractivity contribution in [2.24, 2.45) is 0 Å². The lowest BCUT2D eigenvalue weighted by molar-refractivity contribution is -0.140. The molecule has 11 heavy (non-hydrogen) atoms. The largest absolute Gasteiger partial charge is 0.468 e. The molecule has 62 valence electrons. The van der Waals surface area contributed by atoms with Crippen LogP contribution < -0.4 is 5.32 Å². The minimum Gasteiger partial charge on any atom is -0.468 e. The number of carbonyl (C=O) groups excluding carboxylic acids is 1. The highest BCUT2D eigenvalue weighted by Gasteiger charge is 2.29. The van der Waals surface area contributed by atoms with Gasteiger partial charge in [0.25, 0.3) is 0 Å². The molecule has 0 radical (unpaired) electrons. The summed E-state index contributed by atoms with van der Waals surface area (Å²) < 4.78 is 4.63. The summed E-state index contributed by atoms with van der Waals surface area (Å²) in [6, 6.07) is 0.118. The van der Waals surface area contributed by atoms with Gasteiger partial charge in [0.15, 0.2) is 0 Å². The van der Waals surface area contributed by atoms with Gasteiger partial charge in [0.1, 0.15) is 5.25 Å². The molecule has 0 aromatic heterocycles. The molecule has 4 heteroatoms. The maximum absolute atomic E-state index is 11.1. The van der Waals surface area contributed by atoms with Crippen molar-refractivity contribution in [1.29, 1.82) is 0 Å². The Kier molecular flexibility index (Phi) is 2.96. The molecule has 1 N–H and O–H groups in total. The Labute approximate surface area is 70.2 Å². The lowest BCUT2D eigenvalue weighted by atomic mass is 10.2. The van der Waals surface area contributed by atoms with Crippen molar-refractivity contribution in [2.45, 2.75) is 11.3 Å². The summed E-state index contributed by atoms with van der Waals surface area (Å²) in [7, 11) is 3.24. The molecular formula is C7H11NO2S. The Morgan fingerprint density at radius 2 is 2.45 bits per heavy atom. The molecule has 1 heterocycles. The van der Waals surface area contributed by atoms with Crippen molar-refractivity contribution >= 4 is 17.7 Å². The summed E-state index contributed by atoms with van der Waals surface area (Å²) in [6.07, 6.45) is 1.96. The molecule has 0 fully saturated rings. The van der Waals surface area contributed by atoms with Crippen molar-refractivity contribution in [3.8, 4) is 0 Å². The van der Waals surface area contributed by atoms with Crippen molar-refractivity contribution < 1.29 is 9.53 Å². The van der Waals surface area contributed by atoms with Crippen LogP contribution in [0.2, 0.25) is 0 Å². The first-order valence-corrected chi connectivity index (χ1v) is 4.31. The molecule has 1 aliphatic heterocycles. The van der Waals surface area contributed by atoms with Crippen LogP contribution in [0.4, 0.5) is 0 Å². The molecule has 0 amide bonds. The molecule has 0 saturated carbocycles. The normalized spacial score (nSPS) is 28.9. The third-order valence-electron chi connectivity index (χ3n) is 1.60. The zero-order valence-corrected chi connectivity index (χ0v) is 7.35. The van der Waals surface area contributed by atoms with E-state index in [0.717, 1.165) is 0 Å². The smallest absolute Gasteiger partial charge is 0.321 e. The van der Waals surface area contributed by atoms with Crippen LogP contribution in [0.3, 0.4) is 0 Å². The maximum atomic E-state index is 11.1. The number of hydrogen-bond donors (Lipinski definition) is 1. The van der Waals surface area contributed by atoms with Gasteiger partial charge in [-0.05, 0) is 12.5 Å². The Hall–Kier alpha value is -0.480. The van der Waals surface area contributed by atoms with Gasteiger partial charge in [-0.15, -0.1) is 11.8 Å². The third-order valence-corrected chi connectivity index (χ3v) is 2.70. The van der Waals surface area contributed by atoms with Gasteiger partial charge in [-0.1, -0.05) is 6.08 Å². The number of carbonyl (C=O) groups is 1. The van der Waals surface area contributed by atoms with E-state index in [9.17, 15) is 4.79 Å². The second-order valence-corrected chi connectivity index (χ2v) is 3.28. The third kappa shape index (κ3) is 1.75. The summed E-state index contributed by atoms with van der Waals surface area (Å²) in [5, 5.41) is 4.83. The standard InChI is InChI=1S/C7H11NO2S/c1-8-5-3-4-11-6(5)7(9)10-2/h3-6,8H,1-2H3. The average molecular weight is 173 g/mol. The van der Waals surface area contributed by atoms with Crippen LogP contribution in [0.25, 0.3) is 0 Å². The first-order valence-electron chi connectivity index (χ1n) is 3.37. The van der Waals surface area contributed by atoms with Crippen LogP contribution in [0.5, 0.6) is 0 Å². The monoisotopic (exact) mass is 173 g/mol. The van der Waals surface area contributed by atoms with E-state index >= 15 is 0 Å². The molecule has 2 unspecified atom stereocenters. The summed E-state index contributed by atoms with van der Waals surface area (Å²) in [4.78, 5) is 11.1. The molecule has 0 saturated heterocycles. The number of likely N-dealkylation sites (N-methyl/N-ethyl adjacent to an activating group) is 1. The quantitative estimate of drug-likeness (QED) is 0.613. The van der Waals surface area contributed by atoms with Gasteiger partial charge in [0.05, 0.1) is 7.11 Å². The van der Waals surface area contributed by atoms with E-state index in [1.54, 1.807) is 0 Å². The number of hydrogen-bond acceptors (Lipinski definition) is 4. The topological polar surface area (TPSA) is 38.3 Å². The van der Waals surface area contributed by atoms with Gasteiger partial charge >= 0.3 is 5.97 Å². The lowest BCUT2D eigenvalue weighted by Gasteiger charge is -2.14. The molecule has 3 nitrogen and oxygen atoms in total. The Bertz CT molecular complexity index is 181. The number of rotatable bonds is 2. The van der Waals surface area contributed by atoms with Gasteiger partial charge < -0.3 is 10.1 Å². The Morgan fingerprint density at radius 3 is 3.00 bits per heavy atom. The second-order valence-electron chi connectivity index (χ2n) is 2.22. The molecular weight excluding hydrogens is 162 g/mol. The summed E-state index contributed by atoms with van der Waals surface area (Å²) in [5.41, 5.74) is 0. The number of ether oxygens (including phenoxy) is 1. The molecule has 0 aromatic rings. The van der Waals surface area contributed by atoms with Gasteiger partial charge in [0.2, 0.25) is 0 Å². The minimum absolute atomic E-state index is 0.106. The molecule has 1 aliphatic rings. The van der Waals surface area contributed by atoms with E-state index in [-0.39, 0.29) is 17.3 Å². The van der Waals surface area contributed by atoms with Gasteiger partial charge in [0, 0.05) is 6.04 Å². The van der Waals surface area contributed by atoms with Crippen molar-refractivity contribution in [2.75, 3.05) is 14.2 Å². The zero-order valence-electron chi connectivity index (χ0n) is 6.53. The first-order chi connectivity index (χ1) is 5.29. The van der Waals surface area contributed by atoms with Gasteiger partial charge in [-0.2, -0.15) is 0 Å². The molecule has 0 spiro atoms. The predicted octanol–water partition coefficient (Wildman–Crippen LogP) is 0.376. The number of thioether (sulfide) groups is 1. The SMILES string of the molecule is CNC1C=CSC1C(=O)OC. The second kappa shape index (κ2) is 3.78. The maximum Gasteiger partial charge on any atom is 0.321 e. The fraction of sp³-hybridized carbons (Fsp3) is 0.571. The van der Waals surface area contributed by atoms with E-state index in [2.05, 4.69) is 10.1 Å². The van der Waals surface area contributed by atoms with Crippen molar-refractivity contribution in [1.82, 2.24) is 5.32 Å². The molecule has 0 aliphatic carbocycles. The summed E-state index contributed by atoms with van der Waals surface area (Å²) in [5.74, 6) is -0.167. The van der Waals surface area contributed by atoms with Crippen LogP contribution in [0, 0.1) is 0 Å². The van der Waals surface area contributed by atoms with Gasteiger partial charge in [-0.25, -0.2) is 0 Å². The number of nitrogens with one attached hydrogen (secondary N) is 1. The molecule has 0 bridgehead atoms. The van der Waals surface area contributed by atoms with E-state index < -0.39 is 0 Å². The Morgan fingerprint density at radius 1 is 1.73 bits per heavy atom. The van der Waals surface area contributed by atoms with Crippen LogP contribution in [-0.2, 0) is 9.53 Å². The van der Waals surface area contributed by atoms with Crippen LogP contribution in [0.15, 0.2) is 11.5 Å². The van der Waals surface area contributed by atoms with E-state index in [1.807, 2.05) is 18.5 Å². The molecule has 2 atom stereocenters. The fourth-order valence-electron chi connectivity index (χ4n) is 0.966. The first kappa shape index (κ1) is 8.62. The van der Waals surface area contributed by atoms with E-state index in [0.29, 0.717) is 0 Å². The van der Waals surface area contributed by atoms with Crippen molar-refractivity contribution in [3.63, 3.8) is 0 Å². The van der Waals surface area contributed by atoms with Gasteiger partial charge in [-0.3, -0.25) is 4.79 Å². The highest BCUT2D eigenvalue weighted by atomic mass is 32.2. The Balaban J connectivity index is 2.53. The molecule has 0 aromatic carbocycles. The fourth-order valence-corrected chi connectivity index (χ4v) is 2.00.